The van der Waals surface area contributed by atoms with E-state index in [0.717, 1.165) is 111 Å². The zero-order chi connectivity index (χ0) is 32.0. The van der Waals surface area contributed by atoms with Crippen molar-refractivity contribution in [2.45, 2.75) is 71.3 Å². The molecule has 5 aliphatic rings. The Balaban J connectivity index is 1.09. The second-order valence-electron chi connectivity index (χ2n) is 14.6. The zero-order valence-corrected chi connectivity index (χ0v) is 28.9. The van der Waals surface area contributed by atoms with Gasteiger partial charge >= 0.3 is 6.09 Å². The molecule has 4 unspecified atom stereocenters. The fourth-order valence-electron chi connectivity index (χ4n) is 7.36. The summed E-state index contributed by atoms with van der Waals surface area (Å²) >= 11 is 5.78. The minimum Gasteiger partial charge on any atom is -0.449 e. The second kappa shape index (κ2) is 18.6. The molecule has 5 rings (SSSR count). The van der Waals surface area contributed by atoms with Gasteiger partial charge in [0.25, 0.3) is 0 Å². The Morgan fingerprint density at radius 2 is 1.42 bits per heavy atom. The molecular formula is C33H61N9O2S. The molecule has 4 atom stereocenters. The van der Waals surface area contributed by atoms with Gasteiger partial charge in [-0.25, -0.2) is 4.79 Å². The molecule has 1 saturated carbocycles. The predicted octanol–water partition coefficient (Wildman–Crippen LogP) is 1.24. The molecule has 0 aromatic heterocycles. The lowest BCUT2D eigenvalue weighted by molar-refractivity contribution is 0.135. The molecule has 45 heavy (non-hydrogen) atoms. The monoisotopic (exact) mass is 647 g/mol. The first kappa shape index (κ1) is 36.1. The summed E-state index contributed by atoms with van der Waals surface area (Å²) in [5.74, 6) is 9.38. The van der Waals surface area contributed by atoms with Gasteiger partial charge in [-0.1, -0.05) is 20.8 Å². The molecule has 4 fully saturated rings. The Bertz CT molecular complexity index is 932. The smallest absolute Gasteiger partial charge is 0.407 e. The largest absolute Gasteiger partial charge is 0.449 e. The maximum atomic E-state index is 12.3. The summed E-state index contributed by atoms with van der Waals surface area (Å²) in [6, 6.07) is 0. The van der Waals surface area contributed by atoms with Gasteiger partial charge in [0, 0.05) is 90.6 Å². The molecule has 0 spiro atoms. The highest BCUT2D eigenvalue weighted by atomic mass is 32.1. The summed E-state index contributed by atoms with van der Waals surface area (Å²) in [5, 5.41) is 32.3. The summed E-state index contributed by atoms with van der Waals surface area (Å²) in [6.07, 6.45) is 7.22. The summed E-state index contributed by atoms with van der Waals surface area (Å²) in [7, 11) is 0. The van der Waals surface area contributed by atoms with E-state index < -0.39 is 0 Å². The maximum absolute atomic E-state index is 12.3. The molecular weight excluding hydrogens is 586 g/mol. The number of carbonyl (C=O) groups is 1. The molecule has 0 aromatic carbocycles. The fourth-order valence-corrected chi connectivity index (χ4v) is 7.68. The summed E-state index contributed by atoms with van der Waals surface area (Å²) in [4.78, 5) is 12.3. The van der Waals surface area contributed by atoms with Gasteiger partial charge in [-0.15, -0.1) is 11.8 Å². The van der Waals surface area contributed by atoms with E-state index in [1.807, 2.05) is 0 Å². The van der Waals surface area contributed by atoms with Gasteiger partial charge in [0.05, 0.1) is 12.1 Å². The number of alkyl carbamates (subject to hydrolysis) is 1. The van der Waals surface area contributed by atoms with Crippen LogP contribution in [-0.4, -0.2) is 95.7 Å². The first-order chi connectivity index (χ1) is 21.8. The highest BCUT2D eigenvalue weighted by molar-refractivity contribution is 7.80. The Morgan fingerprint density at radius 3 is 2.00 bits per heavy atom. The van der Waals surface area contributed by atoms with Gasteiger partial charge in [0.1, 0.15) is 0 Å². The fraction of sp³-hybridized carbons (Fsp3) is 0.879. The quantitative estimate of drug-likeness (QED) is 0.0912. The minimum absolute atomic E-state index is 0.134. The lowest BCUT2D eigenvalue weighted by Crippen LogP contribution is -2.68. The molecule has 9 N–H and O–H groups in total. The van der Waals surface area contributed by atoms with Crippen molar-refractivity contribution < 1.29 is 9.53 Å². The summed E-state index contributed by atoms with van der Waals surface area (Å²) < 4.78 is 5.59. The highest BCUT2D eigenvalue weighted by Crippen LogP contribution is 2.52. The number of amides is 1. The van der Waals surface area contributed by atoms with Crippen LogP contribution in [0.25, 0.3) is 0 Å². The zero-order valence-electron chi connectivity index (χ0n) is 28.0. The van der Waals surface area contributed by atoms with Crippen LogP contribution in [0.2, 0.25) is 0 Å². The number of ether oxygens (including phenoxy) is 1. The summed E-state index contributed by atoms with van der Waals surface area (Å²) in [6.45, 7) is 16.2. The Hall–Kier alpha value is -1.72. The topological polar surface area (TPSA) is 135 Å². The van der Waals surface area contributed by atoms with Gasteiger partial charge in [-0.2, -0.15) is 0 Å². The van der Waals surface area contributed by atoms with Crippen LogP contribution in [0.4, 0.5) is 4.79 Å². The van der Waals surface area contributed by atoms with Gasteiger partial charge in [0.15, 0.2) is 5.11 Å². The van der Waals surface area contributed by atoms with Crippen LogP contribution in [0.5, 0.6) is 0 Å². The van der Waals surface area contributed by atoms with E-state index in [0.29, 0.717) is 47.9 Å². The van der Waals surface area contributed by atoms with E-state index in [1.54, 1.807) is 0 Å². The van der Waals surface area contributed by atoms with E-state index in [2.05, 4.69) is 80.5 Å². The van der Waals surface area contributed by atoms with Crippen molar-refractivity contribution in [2.75, 3.05) is 79.0 Å². The van der Waals surface area contributed by atoms with Crippen LogP contribution in [0.3, 0.4) is 0 Å². The van der Waals surface area contributed by atoms with Crippen molar-refractivity contribution in [2.24, 2.45) is 35.0 Å². The first-order valence-corrected chi connectivity index (χ1v) is 17.8. The van der Waals surface area contributed by atoms with Crippen LogP contribution in [0.15, 0.2) is 0 Å². The second-order valence-corrected chi connectivity index (χ2v) is 15.0. The number of hydrogen-bond acceptors (Lipinski definition) is 9. The lowest BCUT2D eigenvalue weighted by Gasteiger charge is -2.39. The molecule has 3 aliphatic heterocycles. The molecule has 11 nitrogen and oxygen atoms in total. The molecule has 0 radical (unpaired) electrons. The minimum atomic E-state index is -0.280. The van der Waals surface area contributed by atoms with Crippen LogP contribution in [0, 0.1) is 46.8 Å². The average molecular weight is 648 g/mol. The number of thiocarbonyl (C=S) groups is 1. The molecule has 3 heterocycles. The Morgan fingerprint density at radius 1 is 0.867 bits per heavy atom. The van der Waals surface area contributed by atoms with Crippen LogP contribution in [-0.2, 0) is 4.74 Å². The third kappa shape index (κ3) is 12.8. The van der Waals surface area contributed by atoms with Crippen molar-refractivity contribution in [1.82, 2.24) is 47.9 Å². The molecule has 1 amide bonds. The van der Waals surface area contributed by atoms with Crippen LogP contribution >= 0.6 is 12.2 Å². The number of carbonyl (C=O) groups excluding carboxylic acids is 1. The van der Waals surface area contributed by atoms with Crippen LogP contribution < -0.4 is 47.9 Å². The first-order valence-electron chi connectivity index (χ1n) is 17.4. The number of nitrogens with one attached hydrogen (secondary N) is 9. The summed E-state index contributed by atoms with van der Waals surface area (Å²) in [5.41, 5.74) is -0.146. The third-order valence-electron chi connectivity index (χ3n) is 9.98. The maximum Gasteiger partial charge on any atom is 0.407 e. The van der Waals surface area contributed by atoms with E-state index >= 15 is 0 Å². The van der Waals surface area contributed by atoms with Gasteiger partial charge < -0.3 is 52.6 Å². The number of hydrogen-bond donors (Lipinski definition) is 9. The highest BCUT2D eigenvalue weighted by Gasteiger charge is 2.49. The molecule has 3 saturated heterocycles. The molecule has 2 aliphatic carbocycles. The van der Waals surface area contributed by atoms with Crippen molar-refractivity contribution in [1.29, 1.82) is 0 Å². The lowest BCUT2D eigenvalue weighted by atomic mass is 9.90. The molecule has 0 aromatic rings. The Labute approximate surface area is 277 Å². The molecule has 12 heteroatoms. The normalized spacial score (nSPS) is 32.0. The standard InChI is InChI=1S/C33H61N9O2S/c1-25(13-26(2)14-41-31(43)44-15-29-27-10-6-4-5-7-11-28(27)29)9-8-12-40-30(45)42-33-19-37-22-34-16-32(3,17-35-23-38-20-33)18-36-24-39-21-33/h25-29,34-39H,6-24H2,1-3H3,(H,41,43)(H2,40,42,45). The van der Waals surface area contributed by atoms with E-state index in [-0.39, 0.29) is 17.0 Å². The SMILES string of the molecule is CC(CCCNC(=S)NC12CNCNCC(C)(CNCNC1)CNCNC2)CC(C)CNC(=O)OCC1C2CCC#CCCC21. The Kier molecular flexibility index (Phi) is 14.9. The number of fused-ring (bicyclic) bond motifs is 13. The van der Waals surface area contributed by atoms with Crippen molar-refractivity contribution in [3.05, 3.63) is 0 Å². The van der Waals surface area contributed by atoms with Gasteiger partial charge in [-0.05, 0) is 73.9 Å². The predicted molar refractivity (Wildman–Crippen MR) is 185 cm³/mol. The van der Waals surface area contributed by atoms with E-state index in [1.165, 1.54) is 0 Å². The van der Waals surface area contributed by atoms with Crippen molar-refractivity contribution in [3.63, 3.8) is 0 Å². The van der Waals surface area contributed by atoms with E-state index in [4.69, 9.17) is 17.0 Å². The molecule has 256 valence electrons. The van der Waals surface area contributed by atoms with Crippen molar-refractivity contribution >= 4 is 23.4 Å². The average Bonchev–Trinajstić information content (AvgIpc) is 3.63. The van der Waals surface area contributed by atoms with Crippen LogP contribution in [0.1, 0.15) is 65.7 Å². The van der Waals surface area contributed by atoms with Gasteiger partial charge in [-0.3, -0.25) is 0 Å². The van der Waals surface area contributed by atoms with Gasteiger partial charge in [0.2, 0.25) is 0 Å². The third-order valence-corrected chi connectivity index (χ3v) is 10.2. The van der Waals surface area contributed by atoms with Crippen molar-refractivity contribution in [3.8, 4) is 11.8 Å². The molecule has 2 bridgehead atoms. The van der Waals surface area contributed by atoms with E-state index in [9.17, 15) is 4.79 Å². The number of rotatable bonds is 11.